The molecule has 0 spiro atoms. The number of halogens is 1. The predicted molar refractivity (Wildman–Crippen MR) is 101 cm³/mol. The van der Waals surface area contributed by atoms with Gasteiger partial charge in [-0.15, -0.1) is 0 Å². The molecule has 130 valence electrons. The van der Waals surface area contributed by atoms with Gasteiger partial charge in [-0.1, -0.05) is 41.9 Å². The fourth-order valence-corrected chi connectivity index (χ4v) is 3.17. The van der Waals surface area contributed by atoms with Crippen LogP contribution in [0.2, 0.25) is 5.02 Å². The van der Waals surface area contributed by atoms with E-state index in [0.717, 1.165) is 16.8 Å². The second-order valence-corrected chi connectivity index (χ2v) is 6.59. The summed E-state index contributed by atoms with van der Waals surface area (Å²) in [6.07, 6.45) is 3.60. The molecule has 0 bridgehead atoms. The number of hydrazine groups is 1. The summed E-state index contributed by atoms with van der Waals surface area (Å²) >= 11 is 5.99. The van der Waals surface area contributed by atoms with Gasteiger partial charge in [0.1, 0.15) is 11.8 Å². The number of hydrogen-bond acceptors (Lipinski definition) is 3. The Balaban J connectivity index is 1.71. The Bertz CT molecular complexity index is 962. The molecule has 2 aromatic carbocycles. The van der Waals surface area contributed by atoms with Gasteiger partial charge < -0.3 is 4.42 Å². The van der Waals surface area contributed by atoms with Crippen LogP contribution < -0.4 is 5.43 Å². The number of aryl methyl sites for hydroxylation is 1. The second kappa shape index (κ2) is 6.73. The van der Waals surface area contributed by atoms with Crippen molar-refractivity contribution in [2.24, 2.45) is 0 Å². The number of carbonyl (C=O) groups excluding carboxylic acids is 1. The Morgan fingerprint density at radius 2 is 1.85 bits per heavy atom. The lowest BCUT2D eigenvalue weighted by molar-refractivity contribution is 0.0654. The van der Waals surface area contributed by atoms with E-state index in [2.05, 4.69) is 5.43 Å². The van der Waals surface area contributed by atoms with E-state index in [1.807, 2.05) is 73.7 Å². The molecule has 1 aliphatic rings. The van der Waals surface area contributed by atoms with Crippen LogP contribution in [-0.4, -0.2) is 10.9 Å². The minimum absolute atomic E-state index is 0.107. The van der Waals surface area contributed by atoms with Crippen molar-refractivity contribution >= 4 is 23.2 Å². The van der Waals surface area contributed by atoms with Gasteiger partial charge in [0.25, 0.3) is 5.91 Å². The van der Waals surface area contributed by atoms with E-state index >= 15 is 0 Å². The molecule has 0 saturated heterocycles. The maximum absolute atomic E-state index is 13.2. The van der Waals surface area contributed by atoms with Crippen molar-refractivity contribution < 1.29 is 9.21 Å². The van der Waals surface area contributed by atoms with E-state index in [0.29, 0.717) is 16.3 Å². The molecule has 1 aliphatic heterocycles. The molecule has 0 aliphatic carbocycles. The Morgan fingerprint density at radius 1 is 1.08 bits per heavy atom. The van der Waals surface area contributed by atoms with Gasteiger partial charge in [0.15, 0.2) is 0 Å². The molecular weight excluding hydrogens is 348 g/mol. The van der Waals surface area contributed by atoms with E-state index < -0.39 is 0 Å². The van der Waals surface area contributed by atoms with Crippen LogP contribution in [0, 0.1) is 6.92 Å². The van der Waals surface area contributed by atoms with Crippen LogP contribution in [0.15, 0.2) is 77.4 Å². The van der Waals surface area contributed by atoms with Gasteiger partial charge in [0, 0.05) is 10.6 Å². The van der Waals surface area contributed by atoms with E-state index in [4.69, 9.17) is 16.0 Å². The number of nitrogens with zero attached hydrogens (tertiary/aromatic N) is 1. The highest BCUT2D eigenvalue weighted by molar-refractivity contribution is 6.30. The van der Waals surface area contributed by atoms with Crippen molar-refractivity contribution in [3.05, 3.63) is 100 Å². The number of amides is 1. The number of rotatable bonds is 3. The molecule has 0 saturated carbocycles. The molecular formula is C21H17ClN2O2. The lowest BCUT2D eigenvalue weighted by Gasteiger charge is -2.24. The summed E-state index contributed by atoms with van der Waals surface area (Å²) in [5, 5.41) is 2.27. The average Bonchev–Trinajstić information content (AvgIpc) is 3.32. The summed E-state index contributed by atoms with van der Waals surface area (Å²) < 4.78 is 5.57. The van der Waals surface area contributed by atoms with Gasteiger partial charge in [-0.05, 0) is 54.5 Å². The quantitative estimate of drug-likeness (QED) is 0.712. The highest BCUT2D eigenvalue weighted by Gasteiger charge is 2.33. The Morgan fingerprint density at radius 3 is 2.54 bits per heavy atom. The maximum atomic E-state index is 13.2. The van der Waals surface area contributed by atoms with Crippen molar-refractivity contribution in [3.8, 4) is 0 Å². The molecule has 5 heteroatoms. The zero-order chi connectivity index (χ0) is 18.1. The highest BCUT2D eigenvalue weighted by atomic mass is 35.5. The van der Waals surface area contributed by atoms with Gasteiger partial charge in [0.2, 0.25) is 0 Å². The normalized spacial score (nSPS) is 16.3. The molecule has 1 aromatic heterocycles. The summed E-state index contributed by atoms with van der Waals surface area (Å²) in [7, 11) is 0. The molecule has 4 rings (SSSR count). The van der Waals surface area contributed by atoms with Crippen LogP contribution in [0.1, 0.15) is 33.3 Å². The van der Waals surface area contributed by atoms with Crippen LogP contribution in [0.25, 0.3) is 5.70 Å². The minimum atomic E-state index is -0.331. The molecule has 0 unspecified atom stereocenters. The Kier molecular flexibility index (Phi) is 4.27. The Hall–Kier alpha value is -2.98. The number of furan rings is 1. The molecule has 0 fully saturated rings. The smallest absolute Gasteiger partial charge is 0.273 e. The largest absolute Gasteiger partial charge is 0.467 e. The molecule has 3 aromatic rings. The molecule has 4 nitrogen and oxygen atoms in total. The van der Waals surface area contributed by atoms with Crippen molar-refractivity contribution in [2.45, 2.75) is 13.0 Å². The van der Waals surface area contributed by atoms with Crippen LogP contribution in [0.3, 0.4) is 0 Å². The third-order valence-corrected chi connectivity index (χ3v) is 4.68. The zero-order valence-corrected chi connectivity index (χ0v) is 14.9. The van der Waals surface area contributed by atoms with Gasteiger partial charge in [-0.2, -0.15) is 0 Å². The number of benzene rings is 2. The minimum Gasteiger partial charge on any atom is -0.467 e. The zero-order valence-electron chi connectivity index (χ0n) is 14.1. The third kappa shape index (κ3) is 3.00. The van der Waals surface area contributed by atoms with E-state index in [9.17, 15) is 4.79 Å². The van der Waals surface area contributed by atoms with Gasteiger partial charge in [-0.3, -0.25) is 10.2 Å². The Labute approximate surface area is 156 Å². The SMILES string of the molecule is Cc1ccccc1C(=O)N1NC(c2ccc(Cl)cc2)=C[C@H]1c1ccco1. The second-order valence-electron chi connectivity index (χ2n) is 6.15. The molecule has 1 amide bonds. The maximum Gasteiger partial charge on any atom is 0.273 e. The number of carbonyl (C=O) groups is 1. The van der Waals surface area contributed by atoms with Crippen molar-refractivity contribution in [2.75, 3.05) is 0 Å². The van der Waals surface area contributed by atoms with Crippen LogP contribution in [-0.2, 0) is 0 Å². The summed E-state index contributed by atoms with van der Waals surface area (Å²) in [5.74, 6) is 0.591. The van der Waals surface area contributed by atoms with Gasteiger partial charge in [-0.25, -0.2) is 5.01 Å². The summed E-state index contributed by atoms with van der Waals surface area (Å²) in [6, 6.07) is 18.4. The summed E-state index contributed by atoms with van der Waals surface area (Å²) in [5.41, 5.74) is 6.60. The van der Waals surface area contributed by atoms with Crippen LogP contribution >= 0.6 is 11.6 Å². The van der Waals surface area contributed by atoms with Gasteiger partial charge in [0.05, 0.1) is 12.0 Å². The van der Waals surface area contributed by atoms with E-state index in [-0.39, 0.29) is 11.9 Å². The number of hydrogen-bond donors (Lipinski definition) is 1. The van der Waals surface area contributed by atoms with Crippen LogP contribution in [0.4, 0.5) is 0 Å². The van der Waals surface area contributed by atoms with Gasteiger partial charge >= 0.3 is 0 Å². The lowest BCUT2D eigenvalue weighted by Crippen LogP contribution is -2.39. The van der Waals surface area contributed by atoms with Crippen molar-refractivity contribution in [1.82, 2.24) is 10.4 Å². The molecule has 2 heterocycles. The molecule has 1 N–H and O–H groups in total. The average molecular weight is 365 g/mol. The van der Waals surface area contributed by atoms with E-state index in [1.54, 1.807) is 11.3 Å². The van der Waals surface area contributed by atoms with E-state index in [1.165, 1.54) is 0 Å². The first-order chi connectivity index (χ1) is 12.6. The molecule has 1 atom stereocenters. The summed E-state index contributed by atoms with van der Waals surface area (Å²) in [6.45, 7) is 1.93. The monoisotopic (exact) mass is 364 g/mol. The van der Waals surface area contributed by atoms with Crippen molar-refractivity contribution in [1.29, 1.82) is 0 Å². The lowest BCUT2D eigenvalue weighted by atomic mass is 10.1. The predicted octanol–water partition coefficient (Wildman–Crippen LogP) is 4.98. The highest BCUT2D eigenvalue weighted by Crippen LogP contribution is 2.33. The first kappa shape index (κ1) is 16.5. The topological polar surface area (TPSA) is 45.5 Å². The fourth-order valence-electron chi connectivity index (χ4n) is 3.05. The molecule has 0 radical (unpaired) electrons. The number of nitrogens with one attached hydrogen (secondary N) is 1. The summed E-state index contributed by atoms with van der Waals surface area (Å²) in [4.78, 5) is 13.2. The standard InChI is InChI=1S/C21H17ClN2O2/c1-14-5-2-3-6-17(14)21(25)24-19(20-7-4-12-26-20)13-18(23-24)15-8-10-16(22)11-9-15/h2-13,19,23H,1H3/t19-/m0/s1. The first-order valence-electron chi connectivity index (χ1n) is 8.30. The van der Waals surface area contributed by atoms with Crippen molar-refractivity contribution in [3.63, 3.8) is 0 Å². The van der Waals surface area contributed by atoms with Crippen LogP contribution in [0.5, 0.6) is 0 Å². The third-order valence-electron chi connectivity index (χ3n) is 4.43. The fraction of sp³-hybridized carbons (Fsp3) is 0.0952. The first-order valence-corrected chi connectivity index (χ1v) is 8.68. The molecule has 26 heavy (non-hydrogen) atoms.